The molecule has 3 heterocycles. The number of para-hydroxylation sites is 1. The van der Waals surface area contributed by atoms with Gasteiger partial charge < -0.3 is 4.90 Å². The van der Waals surface area contributed by atoms with Crippen LogP contribution in [0.4, 0.5) is 5.69 Å². The lowest BCUT2D eigenvalue weighted by Gasteiger charge is -2.28. The van der Waals surface area contributed by atoms with Crippen LogP contribution >= 0.6 is 23.1 Å². The van der Waals surface area contributed by atoms with Gasteiger partial charge in [0.25, 0.3) is 0 Å². The summed E-state index contributed by atoms with van der Waals surface area (Å²) in [7, 11) is 0. The number of carbonyl (C=O) groups is 1. The Kier molecular flexibility index (Phi) is 4.01. The van der Waals surface area contributed by atoms with E-state index in [9.17, 15) is 4.79 Å². The van der Waals surface area contributed by atoms with E-state index in [0.717, 1.165) is 45.3 Å². The third-order valence-corrected chi connectivity index (χ3v) is 6.01. The van der Waals surface area contributed by atoms with Crippen molar-refractivity contribution in [1.82, 2.24) is 9.97 Å². The van der Waals surface area contributed by atoms with E-state index in [1.54, 1.807) is 17.5 Å². The van der Waals surface area contributed by atoms with Crippen molar-refractivity contribution in [2.24, 2.45) is 0 Å². The molecule has 6 heteroatoms. The number of carbonyl (C=O) groups excluding carboxylic acids is 1. The van der Waals surface area contributed by atoms with E-state index in [1.807, 2.05) is 35.2 Å². The molecule has 0 bridgehead atoms. The monoisotopic (exact) mass is 341 g/mol. The number of anilines is 1. The normalized spacial score (nSPS) is 14.0. The highest BCUT2D eigenvalue weighted by molar-refractivity contribution is 8.01. The number of thioether (sulfide) groups is 1. The number of aromatic nitrogens is 2. The average Bonchev–Trinajstić information content (AvgIpc) is 3.02. The first-order chi connectivity index (χ1) is 11.3. The number of hydrogen-bond donors (Lipinski definition) is 0. The summed E-state index contributed by atoms with van der Waals surface area (Å²) in [5.41, 5.74) is 2.99. The van der Waals surface area contributed by atoms with E-state index in [-0.39, 0.29) is 5.91 Å². The summed E-state index contributed by atoms with van der Waals surface area (Å²) in [6.07, 6.45) is 3.72. The Morgan fingerprint density at radius 2 is 2.17 bits per heavy atom. The Morgan fingerprint density at radius 3 is 3.09 bits per heavy atom. The lowest BCUT2D eigenvalue weighted by atomic mass is 10.1. The van der Waals surface area contributed by atoms with Gasteiger partial charge in [0, 0.05) is 12.7 Å². The zero-order valence-electron chi connectivity index (χ0n) is 12.4. The fourth-order valence-corrected chi connectivity index (χ4v) is 4.71. The van der Waals surface area contributed by atoms with Crippen LogP contribution in [0.2, 0.25) is 0 Å². The minimum Gasteiger partial charge on any atom is -0.310 e. The van der Waals surface area contributed by atoms with Crippen molar-refractivity contribution in [1.29, 1.82) is 0 Å². The van der Waals surface area contributed by atoms with Gasteiger partial charge in [-0.3, -0.25) is 9.78 Å². The van der Waals surface area contributed by atoms with Crippen molar-refractivity contribution in [3.8, 4) is 0 Å². The summed E-state index contributed by atoms with van der Waals surface area (Å²) in [6, 6.07) is 11.9. The van der Waals surface area contributed by atoms with Crippen LogP contribution < -0.4 is 4.90 Å². The molecule has 0 saturated heterocycles. The number of nitrogens with zero attached hydrogens (tertiary/aromatic N) is 3. The predicted molar refractivity (Wildman–Crippen MR) is 95.3 cm³/mol. The third-order valence-electron chi connectivity index (χ3n) is 3.85. The number of pyridine rings is 1. The smallest absolute Gasteiger partial charge is 0.237 e. The molecule has 0 spiro atoms. The molecule has 116 valence electrons. The fraction of sp³-hybridized carbons (Fsp3) is 0.235. The second kappa shape index (κ2) is 6.29. The molecule has 4 rings (SSSR count). The number of benzene rings is 1. The van der Waals surface area contributed by atoms with Gasteiger partial charge in [-0.05, 0) is 37.1 Å². The molecule has 1 aliphatic rings. The molecule has 0 atom stereocenters. The van der Waals surface area contributed by atoms with Gasteiger partial charge in [0.15, 0.2) is 4.34 Å². The summed E-state index contributed by atoms with van der Waals surface area (Å²) in [6.45, 7) is 0.776. The highest BCUT2D eigenvalue weighted by atomic mass is 32.2. The minimum atomic E-state index is 0.128. The van der Waals surface area contributed by atoms with Crippen molar-refractivity contribution in [2.45, 2.75) is 17.2 Å². The minimum absolute atomic E-state index is 0.128. The highest BCUT2D eigenvalue weighted by Crippen LogP contribution is 2.31. The van der Waals surface area contributed by atoms with Crippen LogP contribution in [-0.2, 0) is 11.2 Å². The summed E-state index contributed by atoms with van der Waals surface area (Å²) in [5.74, 6) is 0.539. The van der Waals surface area contributed by atoms with E-state index in [4.69, 9.17) is 0 Å². The number of thiazole rings is 1. The molecule has 2 aromatic heterocycles. The summed E-state index contributed by atoms with van der Waals surface area (Å²) >= 11 is 3.16. The van der Waals surface area contributed by atoms with Gasteiger partial charge >= 0.3 is 0 Å². The molecule has 0 saturated carbocycles. The molecule has 4 nitrogen and oxygen atoms in total. The van der Waals surface area contributed by atoms with Crippen LogP contribution in [0.25, 0.3) is 10.2 Å². The first-order valence-electron chi connectivity index (χ1n) is 7.54. The number of rotatable bonds is 3. The SMILES string of the molecule is O=C(CSc1nc2ccccc2s1)N1CCCc2ncccc21. The number of aryl methyl sites for hydroxylation is 1. The third kappa shape index (κ3) is 2.96. The molecular formula is C17H15N3OS2. The van der Waals surface area contributed by atoms with Crippen LogP contribution in [0.15, 0.2) is 46.9 Å². The molecule has 23 heavy (non-hydrogen) atoms. The van der Waals surface area contributed by atoms with Crippen LogP contribution in [0.5, 0.6) is 0 Å². The largest absolute Gasteiger partial charge is 0.310 e. The highest BCUT2D eigenvalue weighted by Gasteiger charge is 2.23. The van der Waals surface area contributed by atoms with Crippen molar-refractivity contribution in [3.63, 3.8) is 0 Å². The van der Waals surface area contributed by atoms with Crippen molar-refractivity contribution >= 4 is 44.9 Å². The van der Waals surface area contributed by atoms with Crippen molar-refractivity contribution < 1.29 is 4.79 Å². The van der Waals surface area contributed by atoms with Crippen LogP contribution in [-0.4, -0.2) is 28.2 Å². The quantitative estimate of drug-likeness (QED) is 0.681. The van der Waals surface area contributed by atoms with Gasteiger partial charge in [0.2, 0.25) is 5.91 Å². The van der Waals surface area contributed by atoms with Gasteiger partial charge in [-0.15, -0.1) is 11.3 Å². The molecular weight excluding hydrogens is 326 g/mol. The first-order valence-corrected chi connectivity index (χ1v) is 9.34. The molecule has 1 aliphatic heterocycles. The Hall–Kier alpha value is -1.92. The second-order valence-corrected chi connectivity index (χ2v) is 7.61. The topological polar surface area (TPSA) is 46.1 Å². The van der Waals surface area contributed by atoms with E-state index in [1.165, 1.54) is 11.8 Å². The van der Waals surface area contributed by atoms with Crippen LogP contribution in [0.1, 0.15) is 12.1 Å². The molecule has 0 aliphatic carbocycles. The molecule has 1 aromatic carbocycles. The van der Waals surface area contributed by atoms with Gasteiger partial charge in [-0.25, -0.2) is 4.98 Å². The maximum Gasteiger partial charge on any atom is 0.237 e. The van der Waals surface area contributed by atoms with Gasteiger partial charge in [0.1, 0.15) is 0 Å². The lowest BCUT2D eigenvalue weighted by Crippen LogP contribution is -2.37. The summed E-state index contributed by atoms with van der Waals surface area (Å²) in [5, 5.41) is 0. The molecule has 3 aromatic rings. The molecule has 0 N–H and O–H groups in total. The van der Waals surface area contributed by atoms with Crippen molar-refractivity contribution in [2.75, 3.05) is 17.2 Å². The lowest BCUT2D eigenvalue weighted by molar-refractivity contribution is -0.116. The van der Waals surface area contributed by atoms with Crippen LogP contribution in [0.3, 0.4) is 0 Å². The van der Waals surface area contributed by atoms with Gasteiger partial charge in [0.05, 0.1) is 27.4 Å². The molecule has 0 fully saturated rings. The summed E-state index contributed by atoms with van der Waals surface area (Å²) < 4.78 is 2.11. The zero-order chi connectivity index (χ0) is 15.6. The Morgan fingerprint density at radius 1 is 1.26 bits per heavy atom. The second-order valence-electron chi connectivity index (χ2n) is 5.35. The first kappa shape index (κ1) is 14.7. The zero-order valence-corrected chi connectivity index (χ0v) is 14.1. The fourth-order valence-electron chi connectivity index (χ4n) is 2.77. The standard InChI is InChI=1S/C17H15N3OS2/c21-16(20-10-4-6-12-14(20)7-3-9-18-12)11-22-17-19-13-5-1-2-8-15(13)23-17/h1-3,5,7-9H,4,6,10-11H2. The number of fused-ring (bicyclic) bond motifs is 2. The molecule has 0 radical (unpaired) electrons. The predicted octanol–water partition coefficient (Wildman–Crippen LogP) is 3.76. The Labute approximate surface area is 142 Å². The summed E-state index contributed by atoms with van der Waals surface area (Å²) in [4.78, 5) is 23.4. The van der Waals surface area contributed by atoms with E-state index < -0.39 is 0 Å². The van der Waals surface area contributed by atoms with E-state index >= 15 is 0 Å². The van der Waals surface area contributed by atoms with Gasteiger partial charge in [-0.1, -0.05) is 23.9 Å². The van der Waals surface area contributed by atoms with E-state index in [2.05, 4.69) is 16.0 Å². The number of hydrogen-bond acceptors (Lipinski definition) is 5. The van der Waals surface area contributed by atoms with Gasteiger partial charge in [-0.2, -0.15) is 0 Å². The van der Waals surface area contributed by atoms with Crippen molar-refractivity contribution in [3.05, 3.63) is 48.3 Å². The Balaban J connectivity index is 1.48. The molecule has 1 amide bonds. The Bertz CT molecular complexity index is 829. The maximum atomic E-state index is 12.6. The average molecular weight is 341 g/mol. The number of amides is 1. The van der Waals surface area contributed by atoms with E-state index in [0.29, 0.717) is 5.75 Å². The molecule has 0 unspecified atom stereocenters. The maximum absolute atomic E-state index is 12.6. The van der Waals surface area contributed by atoms with Crippen LogP contribution in [0, 0.1) is 0 Å².